The molecule has 9 aromatic rings. The monoisotopic (exact) mass is 550 g/mol. The SMILES string of the molecule is Cc1cc(C)c2c3c4n(c5ccccc5n4c2c1)-c1cccc2c1B3c1c3c(C)cc(C)cc3n3c4ccccc4n-2c13. The van der Waals surface area contributed by atoms with Crippen molar-refractivity contribution in [2.75, 3.05) is 0 Å². The first-order valence-corrected chi connectivity index (χ1v) is 15.3. The van der Waals surface area contributed by atoms with Crippen molar-refractivity contribution < 1.29 is 0 Å². The van der Waals surface area contributed by atoms with Gasteiger partial charge in [0, 0.05) is 22.1 Å². The van der Waals surface area contributed by atoms with Crippen LogP contribution in [0.5, 0.6) is 0 Å². The number of hydrogen-bond acceptors (Lipinski definition) is 0. The van der Waals surface area contributed by atoms with E-state index in [2.05, 4.69) is 137 Å². The van der Waals surface area contributed by atoms with Gasteiger partial charge in [-0.3, -0.25) is 17.9 Å². The van der Waals surface area contributed by atoms with Crippen molar-refractivity contribution in [3.05, 3.63) is 113 Å². The summed E-state index contributed by atoms with van der Waals surface area (Å²) in [4.78, 5) is 0. The van der Waals surface area contributed by atoms with E-state index in [1.807, 2.05) is 0 Å². The summed E-state index contributed by atoms with van der Waals surface area (Å²) < 4.78 is 10.2. The molecule has 0 N–H and O–H groups in total. The number of nitrogens with zero attached hydrogens (tertiary/aromatic N) is 4. The summed E-state index contributed by atoms with van der Waals surface area (Å²) in [5, 5.41) is 2.79. The predicted molar refractivity (Wildman–Crippen MR) is 181 cm³/mol. The lowest BCUT2D eigenvalue weighted by Crippen LogP contribution is -2.59. The van der Waals surface area contributed by atoms with Crippen LogP contribution in [0.2, 0.25) is 0 Å². The summed E-state index contributed by atoms with van der Waals surface area (Å²) in [6.45, 7) is 9.18. The van der Waals surface area contributed by atoms with Crippen LogP contribution in [0.25, 0.3) is 66.5 Å². The summed E-state index contributed by atoms with van der Waals surface area (Å²) in [5.41, 5.74) is 22.5. The maximum absolute atomic E-state index is 2.55. The molecule has 4 aromatic heterocycles. The third-order valence-corrected chi connectivity index (χ3v) is 10.4. The molecule has 0 bridgehead atoms. The molecule has 6 heterocycles. The molecule has 5 aromatic carbocycles. The highest BCUT2D eigenvalue weighted by Crippen LogP contribution is 2.40. The third kappa shape index (κ3) is 2.32. The Morgan fingerprint density at radius 1 is 0.442 bits per heavy atom. The Morgan fingerprint density at radius 2 is 0.884 bits per heavy atom. The maximum atomic E-state index is 2.55. The predicted octanol–water partition coefficient (Wildman–Crippen LogP) is 6.76. The first-order chi connectivity index (χ1) is 21.0. The lowest BCUT2D eigenvalue weighted by Gasteiger charge is -2.31. The number of fused-ring (bicyclic) bond motifs is 16. The van der Waals surface area contributed by atoms with Crippen molar-refractivity contribution in [1.82, 2.24) is 17.9 Å². The molecule has 0 amide bonds. The van der Waals surface area contributed by atoms with E-state index in [0.29, 0.717) is 0 Å². The molecule has 0 unspecified atom stereocenters. The van der Waals surface area contributed by atoms with E-state index in [4.69, 9.17) is 0 Å². The first-order valence-electron chi connectivity index (χ1n) is 15.3. The van der Waals surface area contributed by atoms with E-state index in [9.17, 15) is 0 Å². The zero-order chi connectivity index (χ0) is 28.5. The van der Waals surface area contributed by atoms with Gasteiger partial charge in [-0.2, -0.15) is 0 Å². The van der Waals surface area contributed by atoms with E-state index in [1.54, 1.807) is 0 Å². The molecule has 11 rings (SSSR count). The highest BCUT2D eigenvalue weighted by atomic mass is 15.2. The Morgan fingerprint density at radius 3 is 1.35 bits per heavy atom. The van der Waals surface area contributed by atoms with Gasteiger partial charge in [0.1, 0.15) is 11.3 Å². The number of para-hydroxylation sites is 4. The van der Waals surface area contributed by atoms with Gasteiger partial charge in [0.05, 0.1) is 33.1 Å². The second-order valence-corrected chi connectivity index (χ2v) is 12.9. The van der Waals surface area contributed by atoms with E-state index in [-0.39, 0.29) is 6.71 Å². The fourth-order valence-electron chi connectivity index (χ4n) is 9.17. The van der Waals surface area contributed by atoms with Crippen LogP contribution in [0.1, 0.15) is 22.3 Å². The number of benzene rings is 5. The molecule has 0 spiro atoms. The van der Waals surface area contributed by atoms with Crippen LogP contribution in [0, 0.1) is 27.7 Å². The lowest BCUT2D eigenvalue weighted by atomic mass is 9.34. The molecule has 0 radical (unpaired) electrons. The Bertz CT molecular complexity index is 2590. The second kappa shape index (κ2) is 7.07. The molecule has 0 aliphatic carbocycles. The quantitative estimate of drug-likeness (QED) is 0.186. The largest absolute Gasteiger partial charge is 0.295 e. The molecule has 0 fully saturated rings. The standard InChI is InChI=1S/C38H27BN4/c1-20-16-22(3)32-30(18-20)42-26-12-7-5-10-24(26)40-28-14-9-15-29-34(28)39(35(32)37(40)42)36-33-23(4)17-21(2)19-31(33)43-27-13-8-6-11-25(27)41(29)38(36)43/h5-19H,1-4H3. The molecule has 0 saturated heterocycles. The van der Waals surface area contributed by atoms with Crippen LogP contribution in [0.4, 0.5) is 0 Å². The summed E-state index contributed by atoms with van der Waals surface area (Å²) in [5.74, 6) is 0. The minimum Gasteiger partial charge on any atom is -0.295 e. The second-order valence-electron chi connectivity index (χ2n) is 12.9. The highest BCUT2D eigenvalue weighted by molar-refractivity contribution is 7.02. The average Bonchev–Trinajstić information content (AvgIpc) is 3.71. The molecular formula is C38H27BN4. The van der Waals surface area contributed by atoms with Gasteiger partial charge < -0.3 is 0 Å². The van der Waals surface area contributed by atoms with Gasteiger partial charge in [0.15, 0.2) is 0 Å². The van der Waals surface area contributed by atoms with Gasteiger partial charge >= 0.3 is 0 Å². The number of hydrogen-bond donors (Lipinski definition) is 0. The van der Waals surface area contributed by atoms with Crippen molar-refractivity contribution in [2.24, 2.45) is 0 Å². The smallest absolute Gasteiger partial charge is 0.258 e. The number of imidazole rings is 2. The Balaban J connectivity index is 1.49. The molecule has 2 aliphatic heterocycles. The third-order valence-electron chi connectivity index (χ3n) is 10.4. The molecule has 4 nitrogen and oxygen atoms in total. The molecule has 2 aliphatic rings. The van der Waals surface area contributed by atoms with Crippen LogP contribution in [-0.2, 0) is 0 Å². The molecule has 202 valence electrons. The lowest BCUT2D eigenvalue weighted by molar-refractivity contribution is 1.12. The summed E-state index contributed by atoms with van der Waals surface area (Å²) >= 11 is 0. The van der Waals surface area contributed by atoms with E-state index < -0.39 is 0 Å². The van der Waals surface area contributed by atoms with Crippen molar-refractivity contribution in [2.45, 2.75) is 27.7 Å². The van der Waals surface area contributed by atoms with Gasteiger partial charge in [0.25, 0.3) is 6.71 Å². The number of aryl methyl sites for hydroxylation is 4. The van der Waals surface area contributed by atoms with Gasteiger partial charge in [0.2, 0.25) is 0 Å². The minimum absolute atomic E-state index is 0.114. The van der Waals surface area contributed by atoms with E-state index >= 15 is 0 Å². The minimum atomic E-state index is 0.114. The normalized spacial score (nSPS) is 13.5. The van der Waals surface area contributed by atoms with Crippen LogP contribution in [0.15, 0.2) is 91.0 Å². The van der Waals surface area contributed by atoms with E-state index in [1.165, 1.54) is 105 Å². The Labute approximate surface area is 248 Å². The fraction of sp³-hybridized carbons (Fsp3) is 0.105. The van der Waals surface area contributed by atoms with Gasteiger partial charge in [-0.15, -0.1) is 0 Å². The van der Waals surface area contributed by atoms with Crippen LogP contribution in [-0.4, -0.2) is 24.6 Å². The Hall–Kier alpha value is -5.16. The number of rotatable bonds is 0. The Kier molecular flexibility index (Phi) is 3.69. The molecule has 0 saturated carbocycles. The molecule has 5 heteroatoms. The van der Waals surface area contributed by atoms with Crippen molar-refractivity contribution in [3.63, 3.8) is 0 Å². The van der Waals surface area contributed by atoms with Crippen LogP contribution >= 0.6 is 0 Å². The number of aromatic nitrogens is 4. The van der Waals surface area contributed by atoms with Gasteiger partial charge in [-0.25, -0.2) is 0 Å². The van der Waals surface area contributed by atoms with E-state index in [0.717, 1.165) is 0 Å². The first kappa shape index (κ1) is 22.4. The van der Waals surface area contributed by atoms with Crippen molar-refractivity contribution in [1.29, 1.82) is 0 Å². The molecule has 43 heavy (non-hydrogen) atoms. The molecular weight excluding hydrogens is 523 g/mol. The van der Waals surface area contributed by atoms with Crippen molar-refractivity contribution >= 4 is 78.3 Å². The summed E-state index contributed by atoms with van der Waals surface area (Å²) in [7, 11) is 0. The van der Waals surface area contributed by atoms with Crippen LogP contribution in [0.3, 0.4) is 0 Å². The molecule has 0 atom stereocenters. The summed E-state index contributed by atoms with van der Waals surface area (Å²) in [6, 6.07) is 34.4. The zero-order valence-electron chi connectivity index (χ0n) is 24.5. The highest BCUT2D eigenvalue weighted by Gasteiger charge is 2.45. The topological polar surface area (TPSA) is 18.7 Å². The fourth-order valence-corrected chi connectivity index (χ4v) is 9.17. The summed E-state index contributed by atoms with van der Waals surface area (Å²) in [6.07, 6.45) is 0. The van der Waals surface area contributed by atoms with Crippen LogP contribution < -0.4 is 16.4 Å². The average molecular weight is 550 g/mol. The maximum Gasteiger partial charge on any atom is 0.258 e. The van der Waals surface area contributed by atoms with Crippen molar-refractivity contribution in [3.8, 4) is 11.4 Å². The van der Waals surface area contributed by atoms with Gasteiger partial charge in [-0.1, -0.05) is 42.5 Å². The van der Waals surface area contributed by atoms with Gasteiger partial charge in [-0.05, 0) is 115 Å². The zero-order valence-corrected chi connectivity index (χ0v) is 24.5.